The van der Waals surface area contributed by atoms with Crippen LogP contribution in [0, 0.1) is 0 Å². The summed E-state index contributed by atoms with van der Waals surface area (Å²) in [6, 6.07) is 28.4. The lowest BCUT2D eigenvalue weighted by Crippen LogP contribution is -2.38. The summed E-state index contributed by atoms with van der Waals surface area (Å²) in [7, 11) is 1.54. The number of nitrogens with zero attached hydrogens (tertiary/aromatic N) is 1. The molecule has 4 nitrogen and oxygen atoms in total. The highest BCUT2D eigenvalue weighted by molar-refractivity contribution is 5.44. The van der Waals surface area contributed by atoms with E-state index in [2.05, 4.69) is 93.3 Å². The Hall–Kier alpha value is -2.66. The molecule has 0 bridgehead atoms. The molecule has 3 rings (SSSR count). The molecule has 0 aliphatic rings. The topological polar surface area (TPSA) is 30.9 Å². The third-order valence-electron chi connectivity index (χ3n) is 6.23. The van der Waals surface area contributed by atoms with Crippen molar-refractivity contribution in [2.24, 2.45) is 0 Å². The van der Waals surface area contributed by atoms with Gasteiger partial charge < -0.3 is 4.74 Å². The van der Waals surface area contributed by atoms with Crippen LogP contribution in [0.5, 0.6) is 5.75 Å². The SMILES string of the molecule is COOCc1ccc(OCc2ccccc2)c([C@H](CCN(C(C)C)C(C)C)c2ccccc2)c1. The zero-order chi connectivity index (χ0) is 24.3. The van der Waals surface area contributed by atoms with E-state index in [4.69, 9.17) is 14.5 Å². The summed E-state index contributed by atoms with van der Waals surface area (Å²) in [6.45, 7) is 11.0. The van der Waals surface area contributed by atoms with Gasteiger partial charge in [-0.2, -0.15) is 0 Å². The van der Waals surface area contributed by atoms with Crippen LogP contribution < -0.4 is 4.74 Å². The van der Waals surface area contributed by atoms with Crippen molar-refractivity contribution in [3.05, 3.63) is 101 Å². The van der Waals surface area contributed by atoms with Gasteiger partial charge in [-0.25, -0.2) is 9.78 Å². The van der Waals surface area contributed by atoms with Crippen LogP contribution in [0.2, 0.25) is 0 Å². The first-order valence-corrected chi connectivity index (χ1v) is 12.3. The van der Waals surface area contributed by atoms with Crippen molar-refractivity contribution < 1.29 is 14.5 Å². The Kier molecular flexibility index (Phi) is 10.1. The molecule has 0 saturated heterocycles. The number of ether oxygens (including phenoxy) is 1. The van der Waals surface area contributed by atoms with Crippen molar-refractivity contribution >= 4 is 0 Å². The second kappa shape index (κ2) is 13.3. The molecule has 0 aliphatic carbocycles. The maximum atomic E-state index is 6.40. The van der Waals surface area contributed by atoms with Crippen molar-refractivity contribution in [3.63, 3.8) is 0 Å². The lowest BCUT2D eigenvalue weighted by Gasteiger charge is -2.32. The van der Waals surface area contributed by atoms with E-state index in [0.717, 1.165) is 29.8 Å². The summed E-state index contributed by atoms with van der Waals surface area (Å²) < 4.78 is 6.40. The van der Waals surface area contributed by atoms with Crippen molar-refractivity contribution in [2.45, 2.75) is 65.3 Å². The van der Waals surface area contributed by atoms with Gasteiger partial charge in [0.25, 0.3) is 0 Å². The molecule has 34 heavy (non-hydrogen) atoms. The molecule has 0 N–H and O–H groups in total. The average Bonchev–Trinajstić information content (AvgIpc) is 2.85. The van der Waals surface area contributed by atoms with Gasteiger partial charge in [0.1, 0.15) is 19.0 Å². The van der Waals surface area contributed by atoms with Crippen LogP contribution in [0.15, 0.2) is 78.9 Å². The van der Waals surface area contributed by atoms with E-state index < -0.39 is 0 Å². The summed E-state index contributed by atoms with van der Waals surface area (Å²) in [4.78, 5) is 12.7. The zero-order valence-electron chi connectivity index (χ0n) is 21.2. The summed E-state index contributed by atoms with van der Waals surface area (Å²) in [5.74, 6) is 1.12. The van der Waals surface area contributed by atoms with Gasteiger partial charge >= 0.3 is 0 Å². The Balaban J connectivity index is 1.96. The predicted octanol–water partition coefficient (Wildman–Crippen LogP) is 6.98. The molecule has 0 aromatic heterocycles. The molecular weight excluding hydrogens is 422 g/mol. The minimum Gasteiger partial charge on any atom is -0.489 e. The van der Waals surface area contributed by atoms with Crippen LogP contribution in [-0.2, 0) is 23.0 Å². The van der Waals surface area contributed by atoms with Crippen LogP contribution in [0.1, 0.15) is 62.3 Å². The Morgan fingerprint density at radius 3 is 2.00 bits per heavy atom. The molecule has 0 heterocycles. The van der Waals surface area contributed by atoms with Crippen LogP contribution in [0.25, 0.3) is 0 Å². The van der Waals surface area contributed by atoms with E-state index in [1.54, 1.807) is 0 Å². The van der Waals surface area contributed by atoms with Gasteiger partial charge in [-0.1, -0.05) is 66.7 Å². The first-order valence-electron chi connectivity index (χ1n) is 12.3. The fourth-order valence-corrected chi connectivity index (χ4v) is 4.53. The van der Waals surface area contributed by atoms with Crippen molar-refractivity contribution in [1.29, 1.82) is 0 Å². The smallest absolute Gasteiger partial charge is 0.123 e. The van der Waals surface area contributed by atoms with Gasteiger partial charge in [-0.15, -0.1) is 0 Å². The van der Waals surface area contributed by atoms with Crippen molar-refractivity contribution in [3.8, 4) is 5.75 Å². The lowest BCUT2D eigenvalue weighted by molar-refractivity contribution is -0.282. The Labute approximate surface area is 205 Å². The summed E-state index contributed by atoms with van der Waals surface area (Å²) in [5.41, 5.74) is 4.70. The molecule has 0 amide bonds. The number of rotatable bonds is 13. The van der Waals surface area contributed by atoms with Gasteiger partial charge in [-0.05, 0) is 69.5 Å². The fraction of sp³-hybridized carbons (Fsp3) is 0.400. The number of benzene rings is 3. The molecule has 0 spiro atoms. The van der Waals surface area contributed by atoms with Crippen LogP contribution in [0.4, 0.5) is 0 Å². The number of hydrogen-bond donors (Lipinski definition) is 0. The summed E-state index contributed by atoms with van der Waals surface area (Å²) in [5, 5.41) is 0. The quantitative estimate of drug-likeness (QED) is 0.203. The summed E-state index contributed by atoms with van der Waals surface area (Å²) >= 11 is 0. The highest BCUT2D eigenvalue weighted by Gasteiger charge is 2.22. The largest absolute Gasteiger partial charge is 0.489 e. The van der Waals surface area contributed by atoms with E-state index >= 15 is 0 Å². The van der Waals surface area contributed by atoms with E-state index in [-0.39, 0.29) is 5.92 Å². The van der Waals surface area contributed by atoms with E-state index in [1.807, 2.05) is 18.2 Å². The summed E-state index contributed by atoms with van der Waals surface area (Å²) in [6.07, 6.45) is 0.997. The molecule has 0 radical (unpaired) electrons. The van der Waals surface area contributed by atoms with Crippen molar-refractivity contribution in [1.82, 2.24) is 4.90 Å². The molecule has 182 valence electrons. The Morgan fingerprint density at radius 2 is 1.38 bits per heavy atom. The lowest BCUT2D eigenvalue weighted by atomic mass is 9.86. The van der Waals surface area contributed by atoms with E-state index in [9.17, 15) is 0 Å². The minimum atomic E-state index is 0.203. The normalized spacial score (nSPS) is 12.5. The molecule has 4 heteroatoms. The van der Waals surface area contributed by atoms with Crippen LogP contribution in [0.3, 0.4) is 0 Å². The minimum absolute atomic E-state index is 0.203. The maximum absolute atomic E-state index is 6.40. The fourth-order valence-electron chi connectivity index (χ4n) is 4.53. The highest BCUT2D eigenvalue weighted by atomic mass is 17.2. The molecular formula is C30H39NO3. The van der Waals surface area contributed by atoms with Gasteiger partial charge in [0.2, 0.25) is 0 Å². The van der Waals surface area contributed by atoms with E-state index in [0.29, 0.717) is 25.3 Å². The molecule has 3 aromatic carbocycles. The predicted molar refractivity (Wildman–Crippen MR) is 139 cm³/mol. The van der Waals surface area contributed by atoms with Crippen LogP contribution >= 0.6 is 0 Å². The third kappa shape index (κ3) is 7.42. The molecule has 0 fully saturated rings. The maximum Gasteiger partial charge on any atom is 0.123 e. The Morgan fingerprint density at radius 1 is 0.735 bits per heavy atom. The molecule has 1 atom stereocenters. The average molecular weight is 462 g/mol. The van der Waals surface area contributed by atoms with Gasteiger partial charge in [-0.3, -0.25) is 4.90 Å². The Bertz CT molecular complexity index is 965. The molecule has 3 aromatic rings. The zero-order valence-corrected chi connectivity index (χ0v) is 21.2. The van der Waals surface area contributed by atoms with Gasteiger partial charge in [0.15, 0.2) is 0 Å². The van der Waals surface area contributed by atoms with Crippen molar-refractivity contribution in [2.75, 3.05) is 13.7 Å². The van der Waals surface area contributed by atoms with Crippen LogP contribution in [-0.4, -0.2) is 30.6 Å². The third-order valence-corrected chi connectivity index (χ3v) is 6.23. The standard InChI is InChI=1S/C30H39NO3/c1-23(2)31(24(3)4)19-18-28(27-14-10-7-11-15-27)29-20-26(22-34-32-5)16-17-30(29)33-21-25-12-8-6-9-13-25/h6-17,20,23-24,28H,18-19,21-22H2,1-5H3/t28-/m1/s1. The first-order chi connectivity index (χ1) is 16.5. The van der Waals surface area contributed by atoms with E-state index in [1.165, 1.54) is 18.2 Å². The molecule has 0 unspecified atom stereocenters. The van der Waals surface area contributed by atoms with Gasteiger partial charge in [0, 0.05) is 23.6 Å². The molecule has 0 saturated carbocycles. The highest BCUT2D eigenvalue weighted by Crippen LogP contribution is 2.36. The second-order valence-electron chi connectivity index (χ2n) is 9.25. The monoisotopic (exact) mass is 461 g/mol. The first kappa shape index (κ1) is 26.0. The van der Waals surface area contributed by atoms with Gasteiger partial charge in [0.05, 0.1) is 7.11 Å². The second-order valence-corrected chi connectivity index (χ2v) is 9.25. The molecule has 0 aliphatic heterocycles. The number of hydrogen-bond acceptors (Lipinski definition) is 4.